The average molecular weight is 389 g/mol. The standard InChI is InChI=1S/C21H18F3NO3/c1-13-9-14(2)11-16(10-13)27-12-15-7-8-19(28-15)20(26)25-18-6-4-3-5-17(18)21(22,23)24/h3-11H,12H2,1-2H3,(H,25,26). The molecule has 1 amide bonds. The number of anilines is 1. The van der Waals surface area contributed by atoms with Crippen LogP contribution in [0.4, 0.5) is 18.9 Å². The molecule has 28 heavy (non-hydrogen) atoms. The van der Waals surface area contributed by atoms with E-state index >= 15 is 0 Å². The second-order valence-corrected chi connectivity index (χ2v) is 6.38. The van der Waals surface area contributed by atoms with Gasteiger partial charge in [0.25, 0.3) is 5.91 Å². The van der Waals surface area contributed by atoms with Crippen molar-refractivity contribution in [3.8, 4) is 5.75 Å². The summed E-state index contributed by atoms with van der Waals surface area (Å²) in [6.07, 6.45) is -4.57. The van der Waals surface area contributed by atoms with Gasteiger partial charge < -0.3 is 14.5 Å². The summed E-state index contributed by atoms with van der Waals surface area (Å²) in [5, 5.41) is 2.24. The summed E-state index contributed by atoms with van der Waals surface area (Å²) in [4.78, 5) is 12.3. The first-order valence-corrected chi connectivity index (χ1v) is 8.50. The predicted molar refractivity (Wildman–Crippen MR) is 98.4 cm³/mol. The summed E-state index contributed by atoms with van der Waals surface area (Å²) in [6, 6.07) is 13.5. The first-order valence-electron chi connectivity index (χ1n) is 8.50. The normalized spacial score (nSPS) is 11.3. The molecule has 4 nitrogen and oxygen atoms in total. The van der Waals surface area contributed by atoms with Crippen LogP contribution in [-0.2, 0) is 12.8 Å². The van der Waals surface area contributed by atoms with Gasteiger partial charge in [0.05, 0.1) is 11.3 Å². The highest BCUT2D eigenvalue weighted by atomic mass is 19.4. The number of aryl methyl sites for hydroxylation is 2. The van der Waals surface area contributed by atoms with Crippen LogP contribution in [-0.4, -0.2) is 5.91 Å². The lowest BCUT2D eigenvalue weighted by Crippen LogP contribution is -2.16. The highest BCUT2D eigenvalue weighted by molar-refractivity contribution is 6.02. The van der Waals surface area contributed by atoms with Crippen molar-refractivity contribution in [2.45, 2.75) is 26.6 Å². The predicted octanol–water partition coefficient (Wildman–Crippen LogP) is 5.75. The molecule has 1 N–H and O–H groups in total. The van der Waals surface area contributed by atoms with Gasteiger partial charge in [0.15, 0.2) is 5.76 Å². The average Bonchev–Trinajstić information content (AvgIpc) is 3.08. The topological polar surface area (TPSA) is 51.5 Å². The smallest absolute Gasteiger partial charge is 0.418 e. The minimum Gasteiger partial charge on any atom is -0.486 e. The van der Waals surface area contributed by atoms with Gasteiger partial charge in [0.1, 0.15) is 18.1 Å². The number of para-hydroxylation sites is 1. The molecule has 0 aliphatic carbocycles. The number of amides is 1. The van der Waals surface area contributed by atoms with Gasteiger partial charge in [-0.1, -0.05) is 18.2 Å². The summed E-state index contributed by atoms with van der Waals surface area (Å²) < 4.78 is 50.2. The zero-order valence-corrected chi connectivity index (χ0v) is 15.3. The zero-order valence-electron chi connectivity index (χ0n) is 15.3. The Morgan fingerprint density at radius 2 is 1.71 bits per heavy atom. The third kappa shape index (κ3) is 4.73. The van der Waals surface area contributed by atoms with E-state index in [9.17, 15) is 18.0 Å². The summed E-state index contributed by atoms with van der Waals surface area (Å²) in [6.45, 7) is 4.00. The molecule has 0 saturated carbocycles. The summed E-state index contributed by atoms with van der Waals surface area (Å²) >= 11 is 0. The Hall–Kier alpha value is -3.22. The van der Waals surface area contributed by atoms with E-state index in [0.29, 0.717) is 11.5 Å². The molecule has 0 unspecified atom stereocenters. The number of carbonyl (C=O) groups is 1. The Labute approximate surface area is 159 Å². The van der Waals surface area contributed by atoms with Crippen LogP contribution in [0.5, 0.6) is 5.75 Å². The molecule has 146 valence electrons. The SMILES string of the molecule is Cc1cc(C)cc(OCc2ccc(C(=O)Nc3ccccc3C(F)(F)F)o2)c1. The molecular formula is C21H18F3NO3. The molecule has 1 aromatic heterocycles. The number of furan rings is 1. The van der Waals surface area contributed by atoms with Crippen molar-refractivity contribution >= 4 is 11.6 Å². The van der Waals surface area contributed by atoms with Crippen LogP contribution < -0.4 is 10.1 Å². The summed E-state index contributed by atoms with van der Waals surface area (Å²) in [5.74, 6) is 0.178. The Balaban J connectivity index is 1.68. The molecule has 1 heterocycles. The van der Waals surface area contributed by atoms with Crippen LogP contribution in [0.1, 0.15) is 33.0 Å². The van der Waals surface area contributed by atoms with Gasteiger partial charge in [-0.2, -0.15) is 13.2 Å². The second-order valence-electron chi connectivity index (χ2n) is 6.38. The van der Waals surface area contributed by atoms with E-state index in [2.05, 4.69) is 5.32 Å². The van der Waals surface area contributed by atoms with Crippen LogP contribution in [0.25, 0.3) is 0 Å². The van der Waals surface area contributed by atoms with Gasteiger partial charge in [-0.05, 0) is 61.4 Å². The lowest BCUT2D eigenvalue weighted by Gasteiger charge is -2.12. The Morgan fingerprint density at radius 1 is 1.04 bits per heavy atom. The number of nitrogens with one attached hydrogen (secondary N) is 1. The third-order valence-corrected chi connectivity index (χ3v) is 3.94. The van der Waals surface area contributed by atoms with E-state index in [-0.39, 0.29) is 18.1 Å². The fourth-order valence-electron chi connectivity index (χ4n) is 2.77. The van der Waals surface area contributed by atoms with Crippen molar-refractivity contribution in [2.24, 2.45) is 0 Å². The largest absolute Gasteiger partial charge is 0.486 e. The van der Waals surface area contributed by atoms with Gasteiger partial charge in [-0.15, -0.1) is 0 Å². The van der Waals surface area contributed by atoms with Gasteiger partial charge in [-0.25, -0.2) is 0 Å². The van der Waals surface area contributed by atoms with E-state index in [1.165, 1.54) is 24.3 Å². The minimum absolute atomic E-state index is 0.0926. The van der Waals surface area contributed by atoms with E-state index in [1.807, 2.05) is 32.0 Å². The molecule has 0 bridgehead atoms. The van der Waals surface area contributed by atoms with Crippen LogP contribution in [0.2, 0.25) is 0 Å². The molecule has 0 atom stereocenters. The van der Waals surface area contributed by atoms with Crippen LogP contribution in [0, 0.1) is 13.8 Å². The van der Waals surface area contributed by atoms with Crippen molar-refractivity contribution < 1.29 is 27.1 Å². The molecule has 3 rings (SSSR count). The van der Waals surface area contributed by atoms with Crippen LogP contribution >= 0.6 is 0 Å². The number of ether oxygens (including phenoxy) is 1. The number of halogens is 3. The Kier molecular flexibility index (Phi) is 5.44. The number of carbonyl (C=O) groups excluding carboxylic acids is 1. The lowest BCUT2D eigenvalue weighted by molar-refractivity contribution is -0.136. The number of hydrogen-bond donors (Lipinski definition) is 1. The molecule has 0 aliphatic rings. The first kappa shape index (κ1) is 19.5. The maximum atomic E-state index is 13.0. The minimum atomic E-state index is -4.57. The molecule has 0 fully saturated rings. The molecule has 7 heteroatoms. The van der Waals surface area contributed by atoms with Crippen molar-refractivity contribution in [2.75, 3.05) is 5.32 Å². The van der Waals surface area contributed by atoms with Gasteiger partial charge >= 0.3 is 6.18 Å². The summed E-state index contributed by atoms with van der Waals surface area (Å²) in [7, 11) is 0. The van der Waals surface area contributed by atoms with Gasteiger partial charge in [-0.3, -0.25) is 4.79 Å². The van der Waals surface area contributed by atoms with E-state index in [4.69, 9.17) is 9.15 Å². The maximum Gasteiger partial charge on any atom is 0.418 e. The maximum absolute atomic E-state index is 13.0. The quantitative estimate of drug-likeness (QED) is 0.605. The Bertz CT molecular complexity index is 972. The molecule has 0 radical (unpaired) electrons. The van der Waals surface area contributed by atoms with Gasteiger partial charge in [0.2, 0.25) is 0 Å². The number of benzene rings is 2. The number of hydrogen-bond acceptors (Lipinski definition) is 3. The third-order valence-electron chi connectivity index (χ3n) is 3.94. The van der Waals surface area contributed by atoms with Crippen LogP contribution in [0.15, 0.2) is 59.0 Å². The molecular weight excluding hydrogens is 371 g/mol. The second kappa shape index (κ2) is 7.80. The highest BCUT2D eigenvalue weighted by Crippen LogP contribution is 2.34. The monoisotopic (exact) mass is 389 g/mol. The molecule has 3 aromatic rings. The molecule has 0 aliphatic heterocycles. The van der Waals surface area contributed by atoms with E-state index in [1.54, 1.807) is 6.07 Å². The number of rotatable bonds is 5. The fourth-order valence-corrected chi connectivity index (χ4v) is 2.77. The van der Waals surface area contributed by atoms with E-state index in [0.717, 1.165) is 17.2 Å². The number of alkyl halides is 3. The molecule has 2 aromatic carbocycles. The fraction of sp³-hybridized carbons (Fsp3) is 0.190. The molecule has 0 spiro atoms. The van der Waals surface area contributed by atoms with Crippen LogP contribution in [0.3, 0.4) is 0 Å². The zero-order chi connectivity index (χ0) is 20.3. The first-order chi connectivity index (χ1) is 13.2. The highest BCUT2D eigenvalue weighted by Gasteiger charge is 2.33. The lowest BCUT2D eigenvalue weighted by atomic mass is 10.1. The van der Waals surface area contributed by atoms with Crippen molar-refractivity contribution in [3.63, 3.8) is 0 Å². The molecule has 0 saturated heterocycles. The Morgan fingerprint density at radius 3 is 2.39 bits per heavy atom. The van der Waals surface area contributed by atoms with Crippen molar-refractivity contribution in [3.05, 3.63) is 82.8 Å². The summed E-state index contributed by atoms with van der Waals surface area (Å²) in [5.41, 5.74) is 0.855. The van der Waals surface area contributed by atoms with Crippen molar-refractivity contribution in [1.29, 1.82) is 0 Å². The van der Waals surface area contributed by atoms with E-state index < -0.39 is 17.6 Å². The van der Waals surface area contributed by atoms with Gasteiger partial charge in [0, 0.05) is 0 Å². The van der Waals surface area contributed by atoms with Crippen molar-refractivity contribution in [1.82, 2.24) is 0 Å².